The molecule has 0 aliphatic rings. The van der Waals surface area contributed by atoms with Crippen LogP contribution < -0.4 is 5.32 Å². The minimum absolute atomic E-state index is 0.0273. The quantitative estimate of drug-likeness (QED) is 0.895. The van der Waals surface area contributed by atoms with Crippen LogP contribution in [0.3, 0.4) is 0 Å². The van der Waals surface area contributed by atoms with E-state index in [1.807, 2.05) is 26.0 Å². The number of aryl methyl sites for hydroxylation is 1. The van der Waals surface area contributed by atoms with Gasteiger partial charge in [-0.3, -0.25) is 9.78 Å². The molecule has 0 spiro atoms. The molecule has 2 aromatic rings. The zero-order valence-corrected chi connectivity index (χ0v) is 11.5. The number of nitrogens with one attached hydrogen (secondary N) is 1. The summed E-state index contributed by atoms with van der Waals surface area (Å²) in [4.78, 5) is 20.4. The van der Waals surface area contributed by atoms with Gasteiger partial charge in [-0.25, -0.2) is 4.98 Å². The van der Waals surface area contributed by atoms with Crippen LogP contribution in [0.1, 0.15) is 41.1 Å². The van der Waals surface area contributed by atoms with Crippen molar-refractivity contribution in [3.8, 4) is 5.75 Å². The van der Waals surface area contributed by atoms with E-state index >= 15 is 0 Å². The van der Waals surface area contributed by atoms with Crippen molar-refractivity contribution in [1.29, 1.82) is 0 Å². The lowest BCUT2D eigenvalue weighted by Crippen LogP contribution is -2.30. The Morgan fingerprint density at radius 1 is 1.30 bits per heavy atom. The van der Waals surface area contributed by atoms with Crippen LogP contribution in [0.15, 0.2) is 36.7 Å². The molecule has 104 valence electrons. The molecular formula is C15H17N3O2. The van der Waals surface area contributed by atoms with E-state index in [1.54, 1.807) is 12.3 Å². The summed E-state index contributed by atoms with van der Waals surface area (Å²) in [5.74, 6) is -0.530. The molecule has 0 aromatic carbocycles. The molecule has 0 fully saturated rings. The molecule has 0 saturated heterocycles. The largest absolute Gasteiger partial charge is 0.505 e. The summed E-state index contributed by atoms with van der Waals surface area (Å²) in [7, 11) is 0. The Labute approximate surface area is 117 Å². The summed E-state index contributed by atoms with van der Waals surface area (Å²) < 4.78 is 0. The number of nitrogens with zero attached hydrogens (tertiary/aromatic N) is 2. The number of amides is 1. The monoisotopic (exact) mass is 271 g/mol. The summed E-state index contributed by atoms with van der Waals surface area (Å²) in [5, 5.41) is 12.5. The second-order valence-corrected chi connectivity index (χ2v) is 4.51. The van der Waals surface area contributed by atoms with Crippen LogP contribution >= 0.6 is 0 Å². The number of hydrogen-bond acceptors (Lipinski definition) is 4. The highest BCUT2D eigenvalue weighted by atomic mass is 16.3. The maximum absolute atomic E-state index is 12.2. The third-order valence-corrected chi connectivity index (χ3v) is 3.10. The van der Waals surface area contributed by atoms with E-state index in [4.69, 9.17) is 0 Å². The summed E-state index contributed by atoms with van der Waals surface area (Å²) >= 11 is 0. The molecule has 0 bridgehead atoms. The fourth-order valence-corrected chi connectivity index (χ4v) is 2.02. The third-order valence-electron chi connectivity index (χ3n) is 3.10. The van der Waals surface area contributed by atoms with Crippen molar-refractivity contribution in [3.63, 3.8) is 0 Å². The van der Waals surface area contributed by atoms with Gasteiger partial charge in [0.05, 0.1) is 11.7 Å². The van der Waals surface area contributed by atoms with Crippen LogP contribution in [0, 0.1) is 6.92 Å². The van der Waals surface area contributed by atoms with Gasteiger partial charge in [0, 0.05) is 12.4 Å². The molecule has 0 radical (unpaired) electrons. The fourth-order valence-electron chi connectivity index (χ4n) is 2.02. The lowest BCUT2D eigenvalue weighted by atomic mass is 10.1. The zero-order chi connectivity index (χ0) is 14.5. The van der Waals surface area contributed by atoms with Gasteiger partial charge in [-0.2, -0.15) is 0 Å². The standard InChI is InChI=1S/C15H17N3O2/c1-3-11(13-10(2)6-4-8-16-13)18-15(20)14-12(19)7-5-9-17-14/h4-9,11,19H,3H2,1-2H3,(H,18,20). The van der Waals surface area contributed by atoms with Crippen LogP contribution in [-0.2, 0) is 0 Å². The van der Waals surface area contributed by atoms with Crippen LogP contribution in [-0.4, -0.2) is 21.0 Å². The smallest absolute Gasteiger partial charge is 0.274 e. The van der Waals surface area contributed by atoms with Crippen molar-refractivity contribution in [1.82, 2.24) is 15.3 Å². The number of carbonyl (C=O) groups is 1. The SMILES string of the molecule is CCC(NC(=O)c1ncccc1O)c1ncccc1C. The summed E-state index contributed by atoms with van der Waals surface area (Å²) in [5.41, 5.74) is 1.88. The molecule has 2 heterocycles. The molecule has 2 rings (SSSR count). The highest BCUT2D eigenvalue weighted by Crippen LogP contribution is 2.19. The number of hydrogen-bond donors (Lipinski definition) is 2. The molecule has 2 N–H and O–H groups in total. The number of rotatable bonds is 4. The first-order valence-corrected chi connectivity index (χ1v) is 6.49. The molecule has 5 nitrogen and oxygen atoms in total. The predicted molar refractivity (Wildman–Crippen MR) is 75.4 cm³/mol. The van der Waals surface area contributed by atoms with Gasteiger partial charge in [-0.05, 0) is 37.1 Å². The first kappa shape index (κ1) is 14.0. The van der Waals surface area contributed by atoms with Crippen molar-refractivity contribution in [2.45, 2.75) is 26.3 Å². The van der Waals surface area contributed by atoms with E-state index in [-0.39, 0.29) is 17.5 Å². The molecular weight excluding hydrogens is 254 g/mol. The first-order valence-electron chi connectivity index (χ1n) is 6.49. The van der Waals surface area contributed by atoms with Crippen molar-refractivity contribution < 1.29 is 9.90 Å². The van der Waals surface area contributed by atoms with Crippen molar-refractivity contribution in [2.24, 2.45) is 0 Å². The fraction of sp³-hybridized carbons (Fsp3) is 0.267. The average Bonchev–Trinajstić information content (AvgIpc) is 2.46. The van der Waals surface area contributed by atoms with E-state index in [0.717, 1.165) is 11.3 Å². The molecule has 2 aromatic heterocycles. The van der Waals surface area contributed by atoms with Crippen LogP contribution in [0.2, 0.25) is 0 Å². The van der Waals surface area contributed by atoms with Crippen LogP contribution in [0.25, 0.3) is 0 Å². The Balaban J connectivity index is 2.21. The van der Waals surface area contributed by atoms with Gasteiger partial charge in [0.15, 0.2) is 5.69 Å². The maximum Gasteiger partial charge on any atom is 0.274 e. The molecule has 0 saturated carbocycles. The van der Waals surface area contributed by atoms with E-state index < -0.39 is 5.91 Å². The van der Waals surface area contributed by atoms with Crippen molar-refractivity contribution in [3.05, 3.63) is 53.6 Å². The Kier molecular flexibility index (Phi) is 4.30. The van der Waals surface area contributed by atoms with Crippen LogP contribution in [0.5, 0.6) is 5.75 Å². The van der Waals surface area contributed by atoms with E-state index in [9.17, 15) is 9.90 Å². The minimum Gasteiger partial charge on any atom is -0.505 e. The molecule has 1 unspecified atom stereocenters. The molecule has 0 aliphatic carbocycles. The van der Waals surface area contributed by atoms with Gasteiger partial charge < -0.3 is 10.4 Å². The summed E-state index contributed by atoms with van der Waals surface area (Å²) in [6.07, 6.45) is 3.88. The normalized spacial score (nSPS) is 11.9. The number of aromatic hydroxyl groups is 1. The van der Waals surface area contributed by atoms with Gasteiger partial charge >= 0.3 is 0 Å². The van der Waals surface area contributed by atoms with Gasteiger partial charge in [-0.15, -0.1) is 0 Å². The second-order valence-electron chi connectivity index (χ2n) is 4.51. The number of aromatic nitrogens is 2. The number of carbonyl (C=O) groups excluding carboxylic acids is 1. The van der Waals surface area contributed by atoms with E-state index in [1.165, 1.54) is 12.3 Å². The van der Waals surface area contributed by atoms with Gasteiger partial charge in [-0.1, -0.05) is 13.0 Å². The molecule has 5 heteroatoms. The van der Waals surface area contributed by atoms with Gasteiger partial charge in [0.2, 0.25) is 0 Å². The molecule has 0 aliphatic heterocycles. The molecule has 1 amide bonds. The maximum atomic E-state index is 12.2. The summed E-state index contributed by atoms with van der Waals surface area (Å²) in [6.45, 7) is 3.92. The average molecular weight is 271 g/mol. The summed E-state index contributed by atoms with van der Waals surface area (Å²) in [6, 6.07) is 6.62. The first-order chi connectivity index (χ1) is 9.63. The molecule has 1 atom stereocenters. The Morgan fingerprint density at radius 3 is 2.65 bits per heavy atom. The lowest BCUT2D eigenvalue weighted by Gasteiger charge is -2.18. The molecule has 20 heavy (non-hydrogen) atoms. The van der Waals surface area contributed by atoms with Gasteiger partial charge in [0.25, 0.3) is 5.91 Å². The Bertz CT molecular complexity index is 614. The Hall–Kier alpha value is -2.43. The van der Waals surface area contributed by atoms with Gasteiger partial charge in [0.1, 0.15) is 5.75 Å². The highest BCUT2D eigenvalue weighted by Gasteiger charge is 2.19. The van der Waals surface area contributed by atoms with E-state index in [2.05, 4.69) is 15.3 Å². The topological polar surface area (TPSA) is 75.1 Å². The highest BCUT2D eigenvalue weighted by molar-refractivity contribution is 5.94. The van der Waals surface area contributed by atoms with Crippen LogP contribution in [0.4, 0.5) is 0 Å². The minimum atomic E-state index is -0.403. The third kappa shape index (κ3) is 2.93. The second kappa shape index (κ2) is 6.14. The zero-order valence-electron chi connectivity index (χ0n) is 11.5. The predicted octanol–water partition coefficient (Wildman–Crippen LogP) is 2.37. The van der Waals surface area contributed by atoms with Crippen molar-refractivity contribution >= 4 is 5.91 Å². The van der Waals surface area contributed by atoms with Crippen molar-refractivity contribution in [2.75, 3.05) is 0 Å². The lowest BCUT2D eigenvalue weighted by molar-refractivity contribution is 0.0926. The Morgan fingerprint density at radius 2 is 2.00 bits per heavy atom. The number of pyridine rings is 2. The van der Waals surface area contributed by atoms with E-state index in [0.29, 0.717) is 6.42 Å².